The van der Waals surface area contributed by atoms with E-state index in [0.717, 1.165) is 6.54 Å². The molecule has 0 radical (unpaired) electrons. The molecule has 0 rings (SSSR count). The second kappa shape index (κ2) is 11.8. The monoisotopic (exact) mass is 310 g/mol. The van der Waals surface area contributed by atoms with Crippen molar-refractivity contribution in [2.75, 3.05) is 45.9 Å². The fourth-order valence-electron chi connectivity index (χ4n) is 1.26. The van der Waals surface area contributed by atoms with Gasteiger partial charge in [0.1, 0.15) is 12.5 Å². The van der Waals surface area contributed by atoms with Crippen LogP contribution in [-0.2, 0) is 14.3 Å². The van der Waals surface area contributed by atoms with Gasteiger partial charge in [0, 0.05) is 17.8 Å². The third kappa shape index (κ3) is 12.8. The zero-order valence-corrected chi connectivity index (χ0v) is 13.9. The summed E-state index contributed by atoms with van der Waals surface area (Å²) in [6, 6.07) is 0. The van der Waals surface area contributed by atoms with Gasteiger partial charge in [-0.15, -0.1) is 0 Å². The first-order valence-corrected chi connectivity index (χ1v) is 8.71. The topological polar surface area (TPSA) is 59.6 Å². The highest BCUT2D eigenvalue weighted by atomic mass is 33.1. The summed E-state index contributed by atoms with van der Waals surface area (Å²) in [5, 5.41) is 5.83. The highest BCUT2D eigenvalue weighted by Gasteiger charge is 2.17. The average Bonchev–Trinajstić information content (AvgIpc) is 2.32. The molecule has 114 valence electrons. The predicted octanol–water partition coefficient (Wildman–Crippen LogP) is 1.49. The van der Waals surface area contributed by atoms with E-state index in [2.05, 4.69) is 24.5 Å². The van der Waals surface area contributed by atoms with Crippen LogP contribution in [0.4, 0.5) is 0 Å². The fourth-order valence-corrected chi connectivity index (χ4v) is 3.50. The summed E-state index contributed by atoms with van der Waals surface area (Å²) >= 11 is 0. The van der Waals surface area contributed by atoms with Crippen LogP contribution in [0.25, 0.3) is 0 Å². The Morgan fingerprint density at radius 3 is 2.58 bits per heavy atom. The predicted molar refractivity (Wildman–Crippen MR) is 83.5 cm³/mol. The van der Waals surface area contributed by atoms with Gasteiger partial charge in [0.05, 0.1) is 13.2 Å². The van der Waals surface area contributed by atoms with Crippen molar-refractivity contribution in [1.29, 1.82) is 0 Å². The summed E-state index contributed by atoms with van der Waals surface area (Å²) in [6.07, 6.45) is 0. The van der Waals surface area contributed by atoms with Crippen LogP contribution in [0, 0.1) is 0 Å². The minimum atomic E-state index is -0.0822. The first-order chi connectivity index (χ1) is 9.02. The summed E-state index contributed by atoms with van der Waals surface area (Å²) in [4.78, 5) is 11.1. The van der Waals surface area contributed by atoms with Crippen LogP contribution < -0.4 is 10.6 Å². The van der Waals surface area contributed by atoms with Crippen molar-refractivity contribution in [3.63, 3.8) is 0 Å². The third-order valence-electron chi connectivity index (χ3n) is 2.00. The third-order valence-corrected chi connectivity index (χ3v) is 4.97. The number of likely N-dealkylation sites (N-methyl/N-ethyl adjacent to an activating group) is 1. The van der Waals surface area contributed by atoms with Crippen molar-refractivity contribution in [3.8, 4) is 0 Å². The van der Waals surface area contributed by atoms with E-state index in [9.17, 15) is 4.79 Å². The molecule has 2 N–H and O–H groups in total. The smallest absolute Gasteiger partial charge is 0.245 e. The Morgan fingerprint density at radius 2 is 1.95 bits per heavy atom. The van der Waals surface area contributed by atoms with Crippen LogP contribution in [0.5, 0.6) is 0 Å². The van der Waals surface area contributed by atoms with E-state index in [4.69, 9.17) is 9.47 Å². The van der Waals surface area contributed by atoms with Gasteiger partial charge in [0.15, 0.2) is 0 Å². The Morgan fingerprint density at radius 1 is 1.26 bits per heavy atom. The Balaban J connectivity index is 3.30. The van der Waals surface area contributed by atoms with Crippen molar-refractivity contribution < 1.29 is 14.3 Å². The number of hydrogen-bond donors (Lipinski definition) is 2. The molecular formula is C12H26N2O3S2. The maximum Gasteiger partial charge on any atom is 0.245 e. The molecule has 0 heterocycles. The van der Waals surface area contributed by atoms with Gasteiger partial charge in [-0.05, 0) is 27.8 Å². The molecule has 0 aliphatic rings. The second-order valence-electron chi connectivity index (χ2n) is 4.52. The molecule has 0 spiro atoms. The number of carbonyl (C=O) groups excluding carboxylic acids is 1. The van der Waals surface area contributed by atoms with Gasteiger partial charge >= 0.3 is 0 Å². The maximum absolute atomic E-state index is 11.1. The minimum absolute atomic E-state index is 0.0822. The molecule has 5 nitrogen and oxygen atoms in total. The van der Waals surface area contributed by atoms with Crippen molar-refractivity contribution in [2.24, 2.45) is 0 Å². The molecule has 0 fully saturated rings. The number of carbonyl (C=O) groups is 1. The van der Waals surface area contributed by atoms with E-state index < -0.39 is 0 Å². The molecular weight excluding hydrogens is 284 g/mol. The zero-order valence-electron chi connectivity index (χ0n) is 12.3. The number of amides is 1. The Kier molecular flexibility index (Phi) is 11.9. The van der Waals surface area contributed by atoms with E-state index in [1.54, 1.807) is 21.6 Å². The SMILES string of the molecule is CCNC(=O)COCCOCSSC(C)(C)CNC. The average molecular weight is 310 g/mol. The molecule has 0 saturated carbocycles. The minimum Gasteiger partial charge on any atom is -0.369 e. The summed E-state index contributed by atoms with van der Waals surface area (Å²) in [5.41, 5.74) is 0. The van der Waals surface area contributed by atoms with Crippen molar-refractivity contribution >= 4 is 27.5 Å². The van der Waals surface area contributed by atoms with E-state index in [1.165, 1.54) is 0 Å². The van der Waals surface area contributed by atoms with Gasteiger partial charge in [-0.1, -0.05) is 21.6 Å². The molecule has 19 heavy (non-hydrogen) atoms. The van der Waals surface area contributed by atoms with Crippen LogP contribution in [0.3, 0.4) is 0 Å². The first-order valence-electron chi connectivity index (χ1n) is 6.39. The molecule has 0 unspecified atom stereocenters. The number of ether oxygens (including phenoxy) is 2. The molecule has 0 saturated heterocycles. The molecule has 0 bridgehead atoms. The van der Waals surface area contributed by atoms with Gasteiger partial charge in [-0.3, -0.25) is 4.79 Å². The molecule has 1 amide bonds. The molecule has 0 aromatic carbocycles. The highest BCUT2D eigenvalue weighted by Crippen LogP contribution is 2.34. The van der Waals surface area contributed by atoms with E-state index >= 15 is 0 Å². The van der Waals surface area contributed by atoms with E-state index in [0.29, 0.717) is 25.7 Å². The molecule has 7 heteroatoms. The summed E-state index contributed by atoms with van der Waals surface area (Å²) in [6.45, 7) is 8.92. The second-order valence-corrected chi connectivity index (χ2v) is 7.47. The Labute approximate surface area is 124 Å². The maximum atomic E-state index is 11.1. The van der Waals surface area contributed by atoms with Gasteiger partial charge in [0.2, 0.25) is 5.91 Å². The summed E-state index contributed by atoms with van der Waals surface area (Å²) < 4.78 is 10.8. The Hall–Kier alpha value is 0.0500. The lowest BCUT2D eigenvalue weighted by Gasteiger charge is -2.22. The summed E-state index contributed by atoms with van der Waals surface area (Å²) in [7, 11) is 5.45. The van der Waals surface area contributed by atoms with Gasteiger partial charge in [-0.25, -0.2) is 0 Å². The van der Waals surface area contributed by atoms with Crippen LogP contribution >= 0.6 is 21.6 Å². The van der Waals surface area contributed by atoms with Crippen molar-refractivity contribution in [2.45, 2.75) is 25.5 Å². The standard InChI is InChI=1S/C12H26N2O3S2/c1-5-14-11(15)8-16-6-7-17-10-18-19-12(2,3)9-13-4/h13H,5-10H2,1-4H3,(H,14,15). The fraction of sp³-hybridized carbons (Fsp3) is 0.917. The van der Waals surface area contributed by atoms with Crippen molar-refractivity contribution in [3.05, 3.63) is 0 Å². The lowest BCUT2D eigenvalue weighted by molar-refractivity contribution is -0.126. The number of rotatable bonds is 12. The quantitative estimate of drug-likeness (QED) is 0.324. The van der Waals surface area contributed by atoms with Crippen LogP contribution in [0.1, 0.15) is 20.8 Å². The van der Waals surface area contributed by atoms with Gasteiger partial charge in [0.25, 0.3) is 0 Å². The normalized spacial score (nSPS) is 11.6. The lowest BCUT2D eigenvalue weighted by Crippen LogP contribution is -2.29. The lowest BCUT2D eigenvalue weighted by atomic mass is 10.2. The Bertz CT molecular complexity index is 241. The number of hydrogen-bond acceptors (Lipinski definition) is 6. The van der Waals surface area contributed by atoms with Crippen LogP contribution in [-0.4, -0.2) is 56.6 Å². The van der Waals surface area contributed by atoms with Gasteiger partial charge in [-0.2, -0.15) is 0 Å². The molecule has 0 aliphatic carbocycles. The van der Waals surface area contributed by atoms with Crippen LogP contribution in [0.15, 0.2) is 0 Å². The zero-order chi connectivity index (χ0) is 14.6. The first kappa shape index (κ1) is 19.1. The largest absolute Gasteiger partial charge is 0.369 e. The van der Waals surface area contributed by atoms with E-state index in [1.807, 2.05) is 14.0 Å². The molecule has 0 aromatic heterocycles. The molecule has 0 aliphatic heterocycles. The van der Waals surface area contributed by atoms with Crippen molar-refractivity contribution in [1.82, 2.24) is 10.6 Å². The highest BCUT2D eigenvalue weighted by molar-refractivity contribution is 8.77. The summed E-state index contributed by atoms with van der Waals surface area (Å²) in [5.74, 6) is 0.545. The van der Waals surface area contributed by atoms with Gasteiger partial charge < -0.3 is 20.1 Å². The number of nitrogens with one attached hydrogen (secondary N) is 2. The molecule has 0 aromatic rings. The molecule has 0 atom stereocenters. The van der Waals surface area contributed by atoms with E-state index in [-0.39, 0.29) is 17.3 Å². The van der Waals surface area contributed by atoms with Crippen LogP contribution in [0.2, 0.25) is 0 Å².